The van der Waals surface area contributed by atoms with Gasteiger partial charge in [-0.05, 0) is 0 Å². The van der Waals surface area contributed by atoms with E-state index < -0.39 is 25.8 Å². The van der Waals surface area contributed by atoms with Crippen molar-refractivity contribution in [2.75, 3.05) is 0 Å². The molecule has 0 heterocycles. The first-order valence-corrected chi connectivity index (χ1v) is 23.5. The Morgan fingerprint density at radius 2 is 0.950 bits per heavy atom. The first-order valence-electron chi connectivity index (χ1n) is 14.6. The number of fused-ring (bicyclic) bond motifs is 3. The van der Waals surface area contributed by atoms with Crippen molar-refractivity contribution < 1.29 is 45.2 Å². The Hall–Kier alpha value is -0.400. The molecule has 4 heteroatoms. The molecule has 0 fully saturated rings. The first kappa shape index (κ1) is 35.8. The molecular formula is C36H52Cl2SiZr. The molecule has 218 valence electrons. The van der Waals surface area contributed by atoms with Gasteiger partial charge in [0.2, 0.25) is 0 Å². The molecule has 0 aromatic heterocycles. The van der Waals surface area contributed by atoms with E-state index in [-0.39, 0.29) is 46.5 Å². The largest absolute Gasteiger partial charge is 1.00 e. The van der Waals surface area contributed by atoms with Gasteiger partial charge in [-0.3, -0.25) is 0 Å². The second-order valence-corrected chi connectivity index (χ2v) is 33.7. The molecule has 0 spiro atoms. The fourth-order valence-corrected chi connectivity index (χ4v) is 24.9. The van der Waals surface area contributed by atoms with Gasteiger partial charge in [0.25, 0.3) is 0 Å². The van der Waals surface area contributed by atoms with E-state index in [4.69, 9.17) is 0 Å². The van der Waals surface area contributed by atoms with Gasteiger partial charge in [-0.1, -0.05) is 0 Å². The molecule has 0 amide bonds. The van der Waals surface area contributed by atoms with Crippen molar-refractivity contribution in [3.05, 3.63) is 79.2 Å². The Morgan fingerprint density at radius 3 is 1.23 bits per heavy atom. The van der Waals surface area contributed by atoms with Gasteiger partial charge in [-0.15, -0.1) is 0 Å². The predicted molar refractivity (Wildman–Crippen MR) is 168 cm³/mol. The molecule has 2 aromatic rings. The van der Waals surface area contributed by atoms with Crippen LogP contribution >= 0.6 is 0 Å². The molecule has 2 aliphatic carbocycles. The summed E-state index contributed by atoms with van der Waals surface area (Å²) in [5, 5.41) is 0. The van der Waals surface area contributed by atoms with E-state index in [1.54, 1.807) is 33.4 Å². The molecule has 40 heavy (non-hydrogen) atoms. The van der Waals surface area contributed by atoms with Crippen LogP contribution in [0, 0.1) is 0 Å². The van der Waals surface area contributed by atoms with E-state index in [1.807, 2.05) is 3.28 Å². The van der Waals surface area contributed by atoms with Crippen molar-refractivity contribution in [3.63, 3.8) is 0 Å². The molecule has 0 radical (unpaired) electrons. The van der Waals surface area contributed by atoms with Crippen LogP contribution in [0.15, 0.2) is 45.8 Å². The smallest absolute Gasteiger partial charge is 1.00 e. The van der Waals surface area contributed by atoms with Crippen LogP contribution in [0.2, 0.25) is 13.1 Å². The zero-order valence-corrected chi connectivity index (χ0v) is 32.6. The van der Waals surface area contributed by atoms with E-state index in [1.165, 1.54) is 17.5 Å². The molecule has 0 saturated carbocycles. The van der Waals surface area contributed by atoms with Crippen molar-refractivity contribution in [1.29, 1.82) is 0 Å². The van der Waals surface area contributed by atoms with Crippen LogP contribution in [0.5, 0.6) is 0 Å². The van der Waals surface area contributed by atoms with Crippen molar-refractivity contribution in [3.8, 4) is 11.1 Å². The third-order valence-corrected chi connectivity index (χ3v) is 26.7. The Bertz CT molecular complexity index is 1290. The summed E-state index contributed by atoms with van der Waals surface area (Å²) in [4.78, 5) is 0. The van der Waals surface area contributed by atoms with Gasteiger partial charge in [-0.2, -0.15) is 0 Å². The maximum atomic E-state index is 2.70. The summed E-state index contributed by atoms with van der Waals surface area (Å²) < 4.78 is 2.46. The molecular weight excluding hydrogens is 623 g/mol. The molecule has 0 N–H and O–H groups in total. The van der Waals surface area contributed by atoms with Gasteiger partial charge in [0.15, 0.2) is 0 Å². The molecule has 0 unspecified atom stereocenters. The summed E-state index contributed by atoms with van der Waals surface area (Å²) in [5.74, 6) is 0. The number of benzene rings is 2. The number of halogens is 2. The summed E-state index contributed by atoms with van der Waals surface area (Å²) in [5.41, 5.74) is 12.6. The normalized spacial score (nSPS) is 15.0. The molecule has 2 aromatic carbocycles. The summed E-state index contributed by atoms with van der Waals surface area (Å²) in [6.45, 7) is 34.1. The quantitative estimate of drug-likeness (QED) is 0.407. The fourth-order valence-electron chi connectivity index (χ4n) is 6.58. The third-order valence-electron chi connectivity index (χ3n) is 8.47. The molecule has 4 rings (SSSR count). The van der Waals surface area contributed by atoms with Crippen molar-refractivity contribution in [2.45, 2.75) is 128 Å². The molecule has 0 nitrogen and oxygen atoms in total. The number of rotatable bonds is 2. The minimum atomic E-state index is -2.02. The molecule has 0 saturated heterocycles. The Kier molecular flexibility index (Phi) is 10.7. The topological polar surface area (TPSA) is 0 Å². The second kappa shape index (κ2) is 11.9. The van der Waals surface area contributed by atoms with E-state index in [2.05, 4.69) is 139 Å². The molecule has 2 aliphatic rings. The molecule has 0 bridgehead atoms. The Labute approximate surface area is 266 Å². The van der Waals surface area contributed by atoms with E-state index in [0.29, 0.717) is 3.63 Å². The summed E-state index contributed by atoms with van der Waals surface area (Å²) in [7, 11) is 0. The average Bonchev–Trinajstić information content (AvgIpc) is 3.36. The monoisotopic (exact) mass is 672 g/mol. The van der Waals surface area contributed by atoms with Gasteiger partial charge >= 0.3 is 244 Å². The van der Waals surface area contributed by atoms with Crippen LogP contribution < -0.4 is 24.8 Å². The Balaban J connectivity index is 0.00000280. The fraction of sp³-hybridized carbons (Fsp3) is 0.556. The molecule has 0 atom stereocenters. The first-order chi connectivity index (χ1) is 17.2. The van der Waals surface area contributed by atoms with Gasteiger partial charge in [0, 0.05) is 0 Å². The minimum absolute atomic E-state index is 0. The zero-order chi connectivity index (χ0) is 28.6. The van der Waals surface area contributed by atoms with Gasteiger partial charge < -0.3 is 24.8 Å². The average molecular weight is 675 g/mol. The van der Waals surface area contributed by atoms with E-state index in [9.17, 15) is 0 Å². The zero-order valence-electron chi connectivity index (χ0n) is 27.6. The SMILES string of the molecule is C[Si](C)=[Zr+2]([C]1=CC=CC1)[CH]1c2cc(C(C)(C)C)c(C(C)(C)C)cc2-c2cc(C(C)(C)C)c(C(C)(C)C)cc21.[Cl-].[Cl-]. The summed E-state index contributed by atoms with van der Waals surface area (Å²) in [6, 6.07) is 10.7. The van der Waals surface area contributed by atoms with Crippen LogP contribution in [0.1, 0.15) is 127 Å². The van der Waals surface area contributed by atoms with E-state index in [0.717, 1.165) is 0 Å². The van der Waals surface area contributed by atoms with Crippen molar-refractivity contribution in [1.82, 2.24) is 0 Å². The van der Waals surface area contributed by atoms with Gasteiger partial charge in [0.05, 0.1) is 0 Å². The van der Waals surface area contributed by atoms with Crippen molar-refractivity contribution in [2.24, 2.45) is 0 Å². The second-order valence-electron chi connectivity index (χ2n) is 16.1. The van der Waals surface area contributed by atoms with Crippen LogP contribution in [0.25, 0.3) is 11.1 Å². The standard InChI is InChI=1S/C29H41.C5H5.C2H6Si.2ClH.Zr/c1-26(2,3)22-14-18-13-19-15-23(27(4,5)6)25(29(10,11)12)17-21(19)20(18)16-24(22)28(7,8)9;1-2-4-5-3-1;1-3-2;;;/h13-17H,1-12H3;1-3H,4H2;1-2H3;2*1H;/q;;;;;+2/p-2. The third kappa shape index (κ3) is 6.72. The van der Waals surface area contributed by atoms with Crippen LogP contribution in [0.3, 0.4) is 0 Å². The van der Waals surface area contributed by atoms with E-state index >= 15 is 0 Å². The van der Waals surface area contributed by atoms with Crippen LogP contribution in [-0.4, -0.2) is 5.43 Å². The minimum Gasteiger partial charge on any atom is -1.00 e. The number of hydrogen-bond donors (Lipinski definition) is 0. The maximum absolute atomic E-state index is 2.70. The maximum Gasteiger partial charge on any atom is -1.00 e. The summed E-state index contributed by atoms with van der Waals surface area (Å²) in [6.07, 6.45) is 8.46. The van der Waals surface area contributed by atoms with Gasteiger partial charge in [-0.25, -0.2) is 0 Å². The van der Waals surface area contributed by atoms with Crippen molar-refractivity contribution >= 4 is 5.43 Å². The van der Waals surface area contributed by atoms with Crippen LogP contribution in [0.4, 0.5) is 0 Å². The molecule has 0 aliphatic heterocycles. The number of allylic oxidation sites excluding steroid dienone is 4. The Morgan fingerprint density at radius 1 is 0.600 bits per heavy atom. The van der Waals surface area contributed by atoms with Gasteiger partial charge in [0.1, 0.15) is 0 Å². The van der Waals surface area contributed by atoms with Crippen LogP contribution in [-0.2, 0) is 42.0 Å². The summed E-state index contributed by atoms with van der Waals surface area (Å²) >= 11 is -2.02. The number of hydrogen-bond acceptors (Lipinski definition) is 0. The predicted octanol–water partition coefficient (Wildman–Crippen LogP) is 4.67.